The van der Waals surface area contributed by atoms with Crippen molar-refractivity contribution in [2.75, 3.05) is 20.1 Å². The summed E-state index contributed by atoms with van der Waals surface area (Å²) in [6.45, 7) is 9.77. The van der Waals surface area contributed by atoms with Crippen molar-refractivity contribution >= 4 is 0 Å². The molecular formula is C17H34N2. The molecule has 0 bridgehead atoms. The van der Waals surface area contributed by atoms with Crippen LogP contribution in [0.4, 0.5) is 0 Å². The van der Waals surface area contributed by atoms with Crippen LogP contribution in [-0.4, -0.2) is 37.1 Å². The predicted molar refractivity (Wildman–Crippen MR) is 83.4 cm³/mol. The molecule has 0 aromatic carbocycles. The van der Waals surface area contributed by atoms with Crippen LogP contribution in [0.3, 0.4) is 0 Å². The molecule has 0 spiro atoms. The number of rotatable bonds is 7. The molecule has 0 radical (unpaired) electrons. The summed E-state index contributed by atoms with van der Waals surface area (Å²) in [5, 5.41) is 3.59. The Kier molecular flexibility index (Phi) is 5.70. The zero-order valence-electron chi connectivity index (χ0n) is 13.5. The Balaban J connectivity index is 1.91. The third-order valence-electron chi connectivity index (χ3n) is 5.43. The fraction of sp³-hybridized carbons (Fsp3) is 1.00. The summed E-state index contributed by atoms with van der Waals surface area (Å²) in [6.07, 6.45) is 8.58. The molecule has 2 saturated carbocycles. The summed E-state index contributed by atoms with van der Waals surface area (Å²) in [5.41, 5.74) is 0. The monoisotopic (exact) mass is 266 g/mol. The van der Waals surface area contributed by atoms with E-state index in [2.05, 4.69) is 38.0 Å². The standard InChI is InChI=1S/C17H34N2/c1-5-14-8-9-17(18-4)16(10-14)12-19(13(2)3)11-15-6-7-15/h13-18H,5-12H2,1-4H3. The lowest BCUT2D eigenvalue weighted by Crippen LogP contribution is -2.46. The second kappa shape index (κ2) is 7.08. The summed E-state index contributed by atoms with van der Waals surface area (Å²) in [5.74, 6) is 2.86. The van der Waals surface area contributed by atoms with E-state index in [-0.39, 0.29) is 0 Å². The van der Waals surface area contributed by atoms with Crippen LogP contribution < -0.4 is 5.32 Å². The molecule has 2 rings (SSSR count). The minimum atomic E-state index is 0.708. The molecule has 0 aromatic heterocycles. The maximum atomic E-state index is 3.59. The van der Waals surface area contributed by atoms with Crippen molar-refractivity contribution < 1.29 is 0 Å². The van der Waals surface area contributed by atoms with Crippen LogP contribution in [0, 0.1) is 17.8 Å². The van der Waals surface area contributed by atoms with Crippen LogP contribution in [0.1, 0.15) is 59.3 Å². The van der Waals surface area contributed by atoms with Gasteiger partial charge in [0.15, 0.2) is 0 Å². The molecule has 19 heavy (non-hydrogen) atoms. The van der Waals surface area contributed by atoms with E-state index in [4.69, 9.17) is 0 Å². The lowest BCUT2D eigenvalue weighted by molar-refractivity contribution is 0.118. The van der Waals surface area contributed by atoms with Gasteiger partial charge in [0.05, 0.1) is 0 Å². The van der Waals surface area contributed by atoms with Crippen molar-refractivity contribution in [1.29, 1.82) is 0 Å². The van der Waals surface area contributed by atoms with Gasteiger partial charge in [-0.3, -0.25) is 0 Å². The third-order valence-corrected chi connectivity index (χ3v) is 5.43. The zero-order valence-corrected chi connectivity index (χ0v) is 13.5. The van der Waals surface area contributed by atoms with Gasteiger partial charge in [0.1, 0.15) is 0 Å². The molecule has 2 aliphatic carbocycles. The van der Waals surface area contributed by atoms with Crippen LogP contribution in [0.2, 0.25) is 0 Å². The van der Waals surface area contributed by atoms with Gasteiger partial charge < -0.3 is 10.2 Å². The molecule has 2 nitrogen and oxygen atoms in total. The maximum absolute atomic E-state index is 3.59. The van der Waals surface area contributed by atoms with Gasteiger partial charge >= 0.3 is 0 Å². The fourth-order valence-corrected chi connectivity index (χ4v) is 3.74. The van der Waals surface area contributed by atoms with Gasteiger partial charge in [0.25, 0.3) is 0 Å². The number of hydrogen-bond donors (Lipinski definition) is 1. The van der Waals surface area contributed by atoms with E-state index < -0.39 is 0 Å². The molecule has 0 heterocycles. The summed E-state index contributed by atoms with van der Waals surface area (Å²) >= 11 is 0. The average Bonchev–Trinajstić information content (AvgIpc) is 3.21. The molecular weight excluding hydrogens is 232 g/mol. The molecule has 0 saturated heterocycles. The fourth-order valence-electron chi connectivity index (χ4n) is 3.74. The van der Waals surface area contributed by atoms with Crippen molar-refractivity contribution in [1.82, 2.24) is 10.2 Å². The normalized spacial score (nSPS) is 32.2. The lowest BCUT2D eigenvalue weighted by atomic mass is 9.76. The van der Waals surface area contributed by atoms with Gasteiger partial charge in [-0.2, -0.15) is 0 Å². The lowest BCUT2D eigenvalue weighted by Gasteiger charge is -2.40. The summed E-state index contributed by atoms with van der Waals surface area (Å²) in [4.78, 5) is 2.75. The topological polar surface area (TPSA) is 15.3 Å². The molecule has 2 heteroatoms. The molecule has 0 amide bonds. The van der Waals surface area contributed by atoms with E-state index in [1.807, 2.05) is 0 Å². The number of hydrogen-bond acceptors (Lipinski definition) is 2. The Bertz CT molecular complexity index is 260. The smallest absolute Gasteiger partial charge is 0.0105 e. The molecule has 2 fully saturated rings. The maximum Gasteiger partial charge on any atom is 0.0105 e. The van der Waals surface area contributed by atoms with Gasteiger partial charge in [-0.05, 0) is 70.8 Å². The highest BCUT2D eigenvalue weighted by Crippen LogP contribution is 2.34. The zero-order chi connectivity index (χ0) is 13.8. The molecule has 0 aromatic rings. The Hall–Kier alpha value is -0.0800. The van der Waals surface area contributed by atoms with Gasteiger partial charge in [0.2, 0.25) is 0 Å². The first-order valence-corrected chi connectivity index (χ1v) is 8.55. The quantitative estimate of drug-likeness (QED) is 0.758. The van der Waals surface area contributed by atoms with E-state index in [0.717, 1.165) is 23.8 Å². The van der Waals surface area contributed by atoms with Gasteiger partial charge in [-0.25, -0.2) is 0 Å². The van der Waals surface area contributed by atoms with Crippen molar-refractivity contribution in [3.63, 3.8) is 0 Å². The van der Waals surface area contributed by atoms with Crippen molar-refractivity contribution in [3.8, 4) is 0 Å². The van der Waals surface area contributed by atoms with Crippen molar-refractivity contribution in [3.05, 3.63) is 0 Å². The van der Waals surface area contributed by atoms with Crippen molar-refractivity contribution in [2.24, 2.45) is 17.8 Å². The second-order valence-corrected chi connectivity index (χ2v) is 7.23. The first-order valence-electron chi connectivity index (χ1n) is 8.55. The van der Waals surface area contributed by atoms with E-state index in [1.165, 1.54) is 51.6 Å². The van der Waals surface area contributed by atoms with E-state index in [1.54, 1.807) is 0 Å². The molecule has 112 valence electrons. The average molecular weight is 266 g/mol. The van der Waals surface area contributed by atoms with E-state index in [0.29, 0.717) is 6.04 Å². The second-order valence-electron chi connectivity index (χ2n) is 7.23. The van der Waals surface area contributed by atoms with Gasteiger partial charge in [0, 0.05) is 25.2 Å². The van der Waals surface area contributed by atoms with Crippen LogP contribution >= 0.6 is 0 Å². The molecule has 3 unspecified atom stereocenters. The highest BCUT2D eigenvalue weighted by molar-refractivity contribution is 4.87. The largest absolute Gasteiger partial charge is 0.317 e. The van der Waals surface area contributed by atoms with Crippen LogP contribution in [0.15, 0.2) is 0 Å². The van der Waals surface area contributed by atoms with Crippen LogP contribution in [-0.2, 0) is 0 Å². The minimum absolute atomic E-state index is 0.708. The molecule has 1 N–H and O–H groups in total. The molecule has 2 aliphatic rings. The van der Waals surface area contributed by atoms with Crippen molar-refractivity contribution in [2.45, 2.75) is 71.4 Å². The van der Waals surface area contributed by atoms with Gasteiger partial charge in [-0.15, -0.1) is 0 Å². The third kappa shape index (κ3) is 4.46. The summed E-state index contributed by atoms with van der Waals surface area (Å²) < 4.78 is 0. The predicted octanol–water partition coefficient (Wildman–Crippen LogP) is 3.52. The highest BCUT2D eigenvalue weighted by atomic mass is 15.2. The number of nitrogens with zero attached hydrogens (tertiary/aromatic N) is 1. The first-order chi connectivity index (χ1) is 9.13. The SMILES string of the molecule is CCC1CCC(NC)C(CN(CC2CC2)C(C)C)C1. The Morgan fingerprint density at radius 3 is 2.26 bits per heavy atom. The molecule has 3 atom stereocenters. The molecule has 0 aliphatic heterocycles. The van der Waals surface area contributed by atoms with E-state index in [9.17, 15) is 0 Å². The Morgan fingerprint density at radius 2 is 1.74 bits per heavy atom. The van der Waals surface area contributed by atoms with Gasteiger partial charge in [-0.1, -0.05) is 13.3 Å². The first kappa shape index (κ1) is 15.3. The highest BCUT2D eigenvalue weighted by Gasteiger charge is 2.32. The van der Waals surface area contributed by atoms with Crippen LogP contribution in [0.5, 0.6) is 0 Å². The number of nitrogens with one attached hydrogen (secondary N) is 1. The Morgan fingerprint density at radius 1 is 1.05 bits per heavy atom. The van der Waals surface area contributed by atoms with Crippen LogP contribution in [0.25, 0.3) is 0 Å². The summed E-state index contributed by atoms with van der Waals surface area (Å²) in [6, 6.07) is 1.46. The van der Waals surface area contributed by atoms with E-state index >= 15 is 0 Å². The summed E-state index contributed by atoms with van der Waals surface area (Å²) in [7, 11) is 2.16. The minimum Gasteiger partial charge on any atom is -0.317 e. The Labute approximate surface area is 120 Å².